The van der Waals surface area contributed by atoms with Crippen molar-refractivity contribution in [3.63, 3.8) is 0 Å². The first-order valence-electron chi connectivity index (χ1n) is 10.2. The SMILES string of the molecule is COc1ccc([C@@H]2C3=C(CC(C)(C)CC3=O)Oc3ncn(CCO)c(=N)c32)cc1OC. The Labute approximate surface area is 180 Å². The van der Waals surface area contributed by atoms with Crippen LogP contribution in [0.25, 0.3) is 0 Å². The highest BCUT2D eigenvalue weighted by Crippen LogP contribution is 2.49. The van der Waals surface area contributed by atoms with Crippen LogP contribution in [0, 0.1) is 10.8 Å². The molecule has 2 heterocycles. The fraction of sp³-hybridized carbons (Fsp3) is 0.435. The summed E-state index contributed by atoms with van der Waals surface area (Å²) < 4.78 is 18.5. The molecule has 1 atom stereocenters. The summed E-state index contributed by atoms with van der Waals surface area (Å²) in [4.78, 5) is 17.7. The predicted molar refractivity (Wildman–Crippen MR) is 112 cm³/mol. The van der Waals surface area contributed by atoms with Crippen LogP contribution in [0.2, 0.25) is 0 Å². The van der Waals surface area contributed by atoms with Gasteiger partial charge in [-0.05, 0) is 23.1 Å². The number of aromatic nitrogens is 2. The summed E-state index contributed by atoms with van der Waals surface area (Å²) in [6.07, 6.45) is 2.50. The molecule has 8 heteroatoms. The second kappa shape index (κ2) is 7.85. The number of nitrogens with zero attached hydrogens (tertiary/aromatic N) is 2. The van der Waals surface area contributed by atoms with E-state index < -0.39 is 5.92 Å². The largest absolute Gasteiger partial charge is 0.493 e. The maximum atomic E-state index is 13.3. The van der Waals surface area contributed by atoms with E-state index in [1.807, 2.05) is 26.0 Å². The van der Waals surface area contributed by atoms with Crippen molar-refractivity contribution in [2.24, 2.45) is 5.41 Å². The zero-order valence-corrected chi connectivity index (χ0v) is 18.2. The highest BCUT2D eigenvalue weighted by Gasteiger charge is 2.43. The van der Waals surface area contributed by atoms with Crippen molar-refractivity contribution in [2.75, 3.05) is 20.8 Å². The molecule has 4 rings (SSSR count). The van der Waals surface area contributed by atoms with E-state index in [2.05, 4.69) is 4.98 Å². The smallest absolute Gasteiger partial charge is 0.228 e. The Morgan fingerprint density at radius 2 is 2.00 bits per heavy atom. The highest BCUT2D eigenvalue weighted by atomic mass is 16.5. The Kier molecular flexibility index (Phi) is 5.35. The normalized spacial score (nSPS) is 19.4. The molecule has 2 N–H and O–H groups in total. The van der Waals surface area contributed by atoms with Crippen molar-refractivity contribution >= 4 is 5.78 Å². The highest BCUT2D eigenvalue weighted by molar-refractivity contribution is 6.00. The van der Waals surface area contributed by atoms with E-state index in [1.54, 1.807) is 24.9 Å². The molecule has 2 aromatic rings. The molecule has 0 saturated carbocycles. The molecule has 1 aromatic heterocycles. The van der Waals surface area contributed by atoms with Gasteiger partial charge in [-0.1, -0.05) is 19.9 Å². The number of allylic oxidation sites excluding steroid dienone is 2. The van der Waals surface area contributed by atoms with Gasteiger partial charge in [0.1, 0.15) is 17.6 Å². The number of rotatable bonds is 5. The molecule has 0 unspecified atom stereocenters. The lowest BCUT2D eigenvalue weighted by Gasteiger charge is -2.38. The van der Waals surface area contributed by atoms with E-state index in [0.717, 1.165) is 5.56 Å². The minimum absolute atomic E-state index is 0.00801. The van der Waals surface area contributed by atoms with Crippen LogP contribution < -0.4 is 19.7 Å². The molecule has 0 fully saturated rings. The van der Waals surface area contributed by atoms with Gasteiger partial charge >= 0.3 is 0 Å². The Hall–Kier alpha value is -3.13. The van der Waals surface area contributed by atoms with Gasteiger partial charge in [0.25, 0.3) is 0 Å². The number of carbonyl (C=O) groups excluding carboxylic acids is 1. The molecular weight excluding hydrogens is 398 g/mol. The molecule has 0 bridgehead atoms. The summed E-state index contributed by atoms with van der Waals surface area (Å²) in [5, 5.41) is 18.2. The van der Waals surface area contributed by atoms with Gasteiger partial charge in [-0.2, -0.15) is 0 Å². The van der Waals surface area contributed by atoms with Crippen LogP contribution in [0.5, 0.6) is 17.4 Å². The number of fused-ring (bicyclic) bond motifs is 1. The van der Waals surface area contributed by atoms with Crippen molar-refractivity contribution in [1.29, 1.82) is 5.41 Å². The number of ketones is 1. The molecule has 31 heavy (non-hydrogen) atoms. The number of hydrogen-bond acceptors (Lipinski definition) is 7. The van der Waals surface area contributed by atoms with Gasteiger partial charge in [0.15, 0.2) is 17.3 Å². The number of hydrogen-bond donors (Lipinski definition) is 2. The number of benzene rings is 1. The summed E-state index contributed by atoms with van der Waals surface area (Å²) in [7, 11) is 3.13. The maximum Gasteiger partial charge on any atom is 0.228 e. The van der Waals surface area contributed by atoms with Crippen LogP contribution in [0.4, 0.5) is 0 Å². The summed E-state index contributed by atoms with van der Waals surface area (Å²) in [5.74, 6) is 1.54. The molecule has 8 nitrogen and oxygen atoms in total. The lowest BCUT2D eigenvalue weighted by atomic mass is 9.70. The van der Waals surface area contributed by atoms with Crippen molar-refractivity contribution in [2.45, 2.75) is 39.2 Å². The molecule has 0 spiro atoms. The second-order valence-corrected chi connectivity index (χ2v) is 8.66. The van der Waals surface area contributed by atoms with E-state index in [0.29, 0.717) is 47.1 Å². The van der Waals surface area contributed by atoms with Gasteiger partial charge in [-0.15, -0.1) is 0 Å². The van der Waals surface area contributed by atoms with Gasteiger partial charge in [0, 0.05) is 25.0 Å². The van der Waals surface area contributed by atoms with Gasteiger partial charge in [-0.3, -0.25) is 10.2 Å². The van der Waals surface area contributed by atoms with E-state index in [-0.39, 0.29) is 29.8 Å². The minimum atomic E-state index is -0.520. The van der Waals surface area contributed by atoms with Crippen LogP contribution in [-0.2, 0) is 11.3 Å². The first-order valence-corrected chi connectivity index (χ1v) is 10.2. The summed E-state index contributed by atoms with van der Waals surface area (Å²) in [5.41, 5.74) is 1.80. The molecule has 1 aliphatic carbocycles. The molecular formula is C23H27N3O5. The van der Waals surface area contributed by atoms with Crippen LogP contribution in [-0.4, -0.2) is 41.3 Å². The Bertz CT molecular complexity index is 1130. The first-order chi connectivity index (χ1) is 14.8. The average molecular weight is 425 g/mol. The fourth-order valence-electron chi connectivity index (χ4n) is 4.44. The number of Topliss-reactive ketones (excluding diaryl/α,β-unsaturated/α-hetero) is 1. The number of nitrogens with one attached hydrogen (secondary N) is 1. The van der Waals surface area contributed by atoms with Crippen LogP contribution >= 0.6 is 0 Å². The summed E-state index contributed by atoms with van der Waals surface area (Å²) in [6.45, 7) is 4.19. The zero-order valence-electron chi connectivity index (χ0n) is 18.2. The number of aliphatic hydroxyl groups excluding tert-OH is 1. The Morgan fingerprint density at radius 1 is 1.26 bits per heavy atom. The molecule has 0 amide bonds. The summed E-state index contributed by atoms with van der Waals surface area (Å²) in [6, 6.07) is 5.50. The molecule has 1 aromatic carbocycles. The van der Waals surface area contributed by atoms with Gasteiger partial charge in [-0.25, -0.2) is 4.98 Å². The second-order valence-electron chi connectivity index (χ2n) is 8.66. The van der Waals surface area contributed by atoms with Crippen LogP contribution in [0.3, 0.4) is 0 Å². The topological polar surface area (TPSA) is 107 Å². The Morgan fingerprint density at radius 3 is 2.68 bits per heavy atom. The third-order valence-electron chi connectivity index (χ3n) is 5.85. The molecule has 164 valence electrons. The average Bonchev–Trinajstić information content (AvgIpc) is 2.73. The summed E-state index contributed by atoms with van der Waals surface area (Å²) >= 11 is 0. The third-order valence-corrected chi connectivity index (χ3v) is 5.85. The predicted octanol–water partition coefficient (Wildman–Crippen LogP) is 2.54. The van der Waals surface area contributed by atoms with Gasteiger partial charge in [0.05, 0.1) is 32.3 Å². The number of ether oxygens (including phenoxy) is 3. The van der Waals surface area contributed by atoms with Crippen molar-refractivity contribution in [3.8, 4) is 17.4 Å². The number of methoxy groups -OCH3 is 2. The monoisotopic (exact) mass is 425 g/mol. The lowest BCUT2D eigenvalue weighted by Crippen LogP contribution is -2.37. The Balaban J connectivity index is 1.98. The van der Waals surface area contributed by atoms with Crippen molar-refractivity contribution in [3.05, 3.63) is 52.5 Å². The zero-order chi connectivity index (χ0) is 22.3. The lowest BCUT2D eigenvalue weighted by molar-refractivity contribution is -0.118. The quantitative estimate of drug-likeness (QED) is 0.763. The van der Waals surface area contributed by atoms with E-state index in [1.165, 1.54) is 6.33 Å². The first kappa shape index (κ1) is 21.1. The standard InChI is InChI=1S/C23H27N3O5/c1-23(2)10-14(28)19-17(11-23)31-22-20(21(24)26(7-8-27)12-25-22)18(19)13-5-6-15(29-3)16(9-13)30-4/h5-6,9,12,18,24,27H,7-8,10-11H2,1-4H3/t18-/m1/s1. The van der Waals surface area contributed by atoms with Crippen molar-refractivity contribution < 1.29 is 24.1 Å². The van der Waals surface area contributed by atoms with E-state index in [9.17, 15) is 9.90 Å². The van der Waals surface area contributed by atoms with Crippen LogP contribution in [0.15, 0.2) is 35.9 Å². The maximum absolute atomic E-state index is 13.3. The molecule has 0 saturated heterocycles. The molecule has 0 radical (unpaired) electrons. The number of carbonyl (C=O) groups is 1. The third kappa shape index (κ3) is 3.61. The van der Waals surface area contributed by atoms with Crippen LogP contribution in [0.1, 0.15) is 43.7 Å². The van der Waals surface area contributed by atoms with E-state index >= 15 is 0 Å². The van der Waals surface area contributed by atoms with Gasteiger partial charge in [0.2, 0.25) is 5.88 Å². The molecule has 2 aliphatic rings. The van der Waals surface area contributed by atoms with Crippen molar-refractivity contribution in [1.82, 2.24) is 9.55 Å². The molecule has 1 aliphatic heterocycles. The minimum Gasteiger partial charge on any atom is -0.493 e. The van der Waals surface area contributed by atoms with Gasteiger partial charge < -0.3 is 23.9 Å². The fourth-order valence-corrected chi connectivity index (χ4v) is 4.44. The van der Waals surface area contributed by atoms with E-state index in [4.69, 9.17) is 19.6 Å². The number of aliphatic hydroxyl groups is 1.